The van der Waals surface area contributed by atoms with Crippen LogP contribution in [-0.2, 0) is 4.79 Å². The van der Waals surface area contributed by atoms with Crippen molar-refractivity contribution >= 4 is 5.91 Å². The number of unbranched alkanes of at least 4 members (excludes halogenated alkanes) is 2. The summed E-state index contributed by atoms with van der Waals surface area (Å²) in [5.41, 5.74) is 3.28. The number of likely N-dealkylation sites (N-methyl/N-ethyl adjacent to an activating group) is 1. The van der Waals surface area contributed by atoms with Crippen LogP contribution in [-0.4, -0.2) is 30.9 Å². The minimum absolute atomic E-state index is 0.131. The van der Waals surface area contributed by atoms with Crippen LogP contribution < -0.4 is 11.3 Å². The lowest BCUT2D eigenvalue weighted by Crippen LogP contribution is -2.39. The second kappa shape index (κ2) is 8.67. The van der Waals surface area contributed by atoms with Crippen LogP contribution >= 0.6 is 0 Å². The molecule has 0 fully saturated rings. The summed E-state index contributed by atoms with van der Waals surface area (Å²) >= 11 is 0. The maximum absolute atomic E-state index is 11.9. The number of carbonyl (C=O) groups excluding carboxylic acids is 1. The van der Waals surface area contributed by atoms with Crippen LogP contribution in [0.3, 0.4) is 0 Å². The molecule has 1 amide bonds. The number of hydrogen-bond acceptors (Lipinski definition) is 3. The molecule has 4 heteroatoms. The highest BCUT2D eigenvalue weighted by atomic mass is 16.2. The summed E-state index contributed by atoms with van der Waals surface area (Å²) in [7, 11) is 2.05. The summed E-state index contributed by atoms with van der Waals surface area (Å²) in [5.74, 6) is 4.95. The first kappa shape index (κ1) is 15.7. The van der Waals surface area contributed by atoms with Gasteiger partial charge in [-0.15, -0.1) is 0 Å². The van der Waals surface area contributed by atoms with Gasteiger partial charge in [0.05, 0.1) is 5.92 Å². The van der Waals surface area contributed by atoms with Gasteiger partial charge in [-0.2, -0.15) is 0 Å². The Labute approximate surface area is 115 Å². The average Bonchev–Trinajstić information content (AvgIpc) is 2.45. The van der Waals surface area contributed by atoms with Gasteiger partial charge in [0.2, 0.25) is 5.91 Å². The number of hydrogen-bond donors (Lipinski definition) is 2. The lowest BCUT2D eigenvalue weighted by Gasteiger charge is -2.23. The third kappa shape index (κ3) is 5.41. The van der Waals surface area contributed by atoms with Crippen LogP contribution in [0.5, 0.6) is 0 Å². The summed E-state index contributed by atoms with van der Waals surface area (Å²) in [6, 6.07) is 9.79. The van der Waals surface area contributed by atoms with Crippen molar-refractivity contribution in [2.75, 3.05) is 20.1 Å². The average molecular weight is 263 g/mol. The van der Waals surface area contributed by atoms with Gasteiger partial charge in [-0.1, -0.05) is 50.1 Å². The zero-order valence-corrected chi connectivity index (χ0v) is 11.9. The maximum atomic E-state index is 11.9. The van der Waals surface area contributed by atoms with Gasteiger partial charge in [-0.05, 0) is 25.6 Å². The number of carbonyl (C=O) groups is 1. The predicted octanol–water partition coefficient (Wildman–Crippen LogP) is 1.88. The number of rotatable bonds is 8. The number of hydrazine groups is 1. The van der Waals surface area contributed by atoms with Crippen molar-refractivity contribution in [3.63, 3.8) is 0 Å². The van der Waals surface area contributed by atoms with E-state index in [1.165, 1.54) is 19.3 Å². The third-order valence-corrected chi connectivity index (χ3v) is 3.30. The van der Waals surface area contributed by atoms with Gasteiger partial charge in [0, 0.05) is 6.54 Å². The van der Waals surface area contributed by atoms with Crippen molar-refractivity contribution in [3.05, 3.63) is 35.9 Å². The van der Waals surface area contributed by atoms with E-state index in [1.54, 1.807) is 0 Å². The summed E-state index contributed by atoms with van der Waals surface area (Å²) in [4.78, 5) is 14.1. The van der Waals surface area contributed by atoms with Crippen LogP contribution in [0.1, 0.15) is 37.7 Å². The van der Waals surface area contributed by atoms with Gasteiger partial charge in [0.25, 0.3) is 0 Å². The molecule has 0 spiro atoms. The molecular formula is C15H25N3O. The quantitative estimate of drug-likeness (QED) is 0.326. The molecule has 0 bridgehead atoms. The Morgan fingerprint density at radius 2 is 2.00 bits per heavy atom. The van der Waals surface area contributed by atoms with Gasteiger partial charge in [0.1, 0.15) is 0 Å². The second-order valence-corrected chi connectivity index (χ2v) is 4.94. The minimum Gasteiger partial charge on any atom is -0.305 e. The van der Waals surface area contributed by atoms with E-state index in [9.17, 15) is 4.79 Å². The topological polar surface area (TPSA) is 58.4 Å². The fraction of sp³-hybridized carbons (Fsp3) is 0.533. The first-order valence-electron chi connectivity index (χ1n) is 6.93. The number of benzene rings is 1. The number of nitrogens with two attached hydrogens (primary N) is 1. The van der Waals surface area contributed by atoms with Crippen molar-refractivity contribution in [2.24, 2.45) is 5.84 Å². The Hall–Kier alpha value is -1.39. The zero-order chi connectivity index (χ0) is 14.1. The lowest BCUT2D eigenvalue weighted by atomic mass is 9.98. The second-order valence-electron chi connectivity index (χ2n) is 4.94. The van der Waals surface area contributed by atoms with Crippen LogP contribution in [0.4, 0.5) is 0 Å². The van der Waals surface area contributed by atoms with E-state index in [0.29, 0.717) is 6.54 Å². The van der Waals surface area contributed by atoms with E-state index in [4.69, 9.17) is 5.84 Å². The summed E-state index contributed by atoms with van der Waals surface area (Å²) < 4.78 is 0. The summed E-state index contributed by atoms with van der Waals surface area (Å²) in [6.45, 7) is 3.89. The number of nitrogens with zero attached hydrogens (tertiary/aromatic N) is 1. The van der Waals surface area contributed by atoms with Crippen LogP contribution in [0, 0.1) is 0 Å². The Kier molecular flexibility index (Phi) is 7.15. The molecule has 0 aromatic heterocycles. The molecule has 0 aliphatic rings. The van der Waals surface area contributed by atoms with Gasteiger partial charge >= 0.3 is 0 Å². The molecule has 0 saturated heterocycles. The van der Waals surface area contributed by atoms with Crippen molar-refractivity contribution in [3.8, 4) is 0 Å². The van der Waals surface area contributed by atoms with Gasteiger partial charge in [-0.3, -0.25) is 10.2 Å². The van der Waals surface area contributed by atoms with E-state index in [0.717, 1.165) is 12.1 Å². The van der Waals surface area contributed by atoms with E-state index in [-0.39, 0.29) is 11.8 Å². The molecule has 1 aromatic rings. The van der Waals surface area contributed by atoms with E-state index in [2.05, 4.69) is 24.3 Å². The van der Waals surface area contributed by atoms with Gasteiger partial charge < -0.3 is 4.90 Å². The Bertz CT molecular complexity index is 367. The monoisotopic (exact) mass is 263 g/mol. The Morgan fingerprint density at radius 1 is 1.32 bits per heavy atom. The Balaban J connectivity index is 2.63. The highest BCUT2D eigenvalue weighted by Crippen LogP contribution is 2.17. The van der Waals surface area contributed by atoms with Crippen LogP contribution in [0.15, 0.2) is 30.3 Å². The lowest BCUT2D eigenvalue weighted by molar-refractivity contribution is -0.123. The largest absolute Gasteiger partial charge is 0.305 e. The highest BCUT2D eigenvalue weighted by Gasteiger charge is 2.21. The molecule has 0 radical (unpaired) electrons. The van der Waals surface area contributed by atoms with Crippen LogP contribution in [0.2, 0.25) is 0 Å². The first-order chi connectivity index (χ1) is 9.19. The smallest absolute Gasteiger partial charge is 0.242 e. The molecule has 0 saturated carbocycles. The fourth-order valence-corrected chi connectivity index (χ4v) is 2.16. The zero-order valence-electron chi connectivity index (χ0n) is 11.9. The summed E-state index contributed by atoms with van der Waals surface area (Å²) in [5, 5.41) is 0. The molecule has 0 aliphatic heterocycles. The molecule has 1 aromatic carbocycles. The SMILES string of the molecule is CCCCCN(C)CC(C(=O)NN)c1ccccc1. The van der Waals surface area contributed by atoms with Gasteiger partial charge in [-0.25, -0.2) is 5.84 Å². The molecule has 1 unspecified atom stereocenters. The molecule has 3 N–H and O–H groups in total. The standard InChI is InChI=1S/C15H25N3O/c1-3-4-8-11-18(2)12-14(15(19)17-16)13-9-6-5-7-10-13/h5-7,9-10,14H,3-4,8,11-12,16H2,1-2H3,(H,17,19). The van der Waals surface area contributed by atoms with Crippen LogP contribution in [0.25, 0.3) is 0 Å². The molecule has 0 heterocycles. The molecule has 4 nitrogen and oxygen atoms in total. The van der Waals surface area contributed by atoms with E-state index >= 15 is 0 Å². The Morgan fingerprint density at radius 3 is 2.58 bits per heavy atom. The highest BCUT2D eigenvalue weighted by molar-refractivity contribution is 5.83. The number of nitrogens with one attached hydrogen (secondary N) is 1. The molecule has 1 rings (SSSR count). The van der Waals surface area contributed by atoms with Crippen molar-refractivity contribution in [1.82, 2.24) is 10.3 Å². The maximum Gasteiger partial charge on any atom is 0.242 e. The van der Waals surface area contributed by atoms with Crippen molar-refractivity contribution in [1.29, 1.82) is 0 Å². The minimum atomic E-state index is -0.210. The fourth-order valence-electron chi connectivity index (χ4n) is 2.16. The predicted molar refractivity (Wildman–Crippen MR) is 78.5 cm³/mol. The third-order valence-electron chi connectivity index (χ3n) is 3.30. The van der Waals surface area contributed by atoms with Crippen molar-refractivity contribution in [2.45, 2.75) is 32.1 Å². The molecule has 0 aliphatic carbocycles. The number of amides is 1. The van der Waals surface area contributed by atoms with Crippen molar-refractivity contribution < 1.29 is 4.79 Å². The normalized spacial score (nSPS) is 12.4. The molecule has 106 valence electrons. The molecule has 1 atom stereocenters. The molecule has 19 heavy (non-hydrogen) atoms. The first-order valence-corrected chi connectivity index (χ1v) is 6.93. The summed E-state index contributed by atoms with van der Waals surface area (Å²) in [6.07, 6.45) is 3.60. The van der Waals surface area contributed by atoms with E-state index in [1.807, 2.05) is 30.3 Å². The molecular weight excluding hydrogens is 238 g/mol. The van der Waals surface area contributed by atoms with E-state index < -0.39 is 0 Å². The van der Waals surface area contributed by atoms with Gasteiger partial charge in [0.15, 0.2) is 0 Å².